The molecule has 4 aromatic rings. The fourth-order valence-electron chi connectivity index (χ4n) is 2.68. The van der Waals surface area contributed by atoms with Crippen molar-refractivity contribution in [2.75, 3.05) is 0 Å². The number of halogens is 1. The molecule has 25 heavy (non-hydrogen) atoms. The molecule has 4 rings (SSSR count). The van der Waals surface area contributed by atoms with Gasteiger partial charge in [-0.05, 0) is 36.2 Å². The number of rotatable bonds is 4. The summed E-state index contributed by atoms with van der Waals surface area (Å²) in [7, 11) is 0. The number of aryl methyl sites for hydroxylation is 1. The van der Waals surface area contributed by atoms with E-state index in [2.05, 4.69) is 15.2 Å². The number of fused-ring (bicyclic) bond motifs is 1. The third-order valence-corrected chi connectivity index (χ3v) is 4.80. The number of thiazole rings is 1. The minimum atomic E-state index is -0.326. The Balaban J connectivity index is 1.79. The van der Waals surface area contributed by atoms with Crippen LogP contribution in [0.2, 0.25) is 0 Å². The van der Waals surface area contributed by atoms with Gasteiger partial charge in [0.15, 0.2) is 11.4 Å². The summed E-state index contributed by atoms with van der Waals surface area (Å²) in [5.41, 5.74) is 3.25. The summed E-state index contributed by atoms with van der Waals surface area (Å²) < 4.78 is 15.2. The summed E-state index contributed by atoms with van der Waals surface area (Å²) >= 11 is 1.46. The van der Waals surface area contributed by atoms with Gasteiger partial charge < -0.3 is 0 Å². The monoisotopic (exact) mass is 352 g/mol. The maximum absolute atomic E-state index is 13.6. The number of carbonyl (C=O) groups excluding carboxylic acids is 1. The van der Waals surface area contributed by atoms with Crippen molar-refractivity contribution in [3.8, 4) is 11.1 Å². The topological polar surface area (TPSA) is 60.2 Å². The van der Waals surface area contributed by atoms with Gasteiger partial charge in [0.25, 0.3) is 0 Å². The van der Waals surface area contributed by atoms with Crippen molar-refractivity contribution < 1.29 is 9.18 Å². The van der Waals surface area contributed by atoms with Crippen molar-refractivity contribution in [2.24, 2.45) is 0 Å². The van der Waals surface area contributed by atoms with Crippen LogP contribution in [0.25, 0.3) is 16.8 Å². The van der Waals surface area contributed by atoms with Crippen molar-refractivity contribution in [1.82, 2.24) is 19.6 Å². The lowest BCUT2D eigenvalue weighted by Crippen LogP contribution is -2.07. The molecule has 5 nitrogen and oxygen atoms in total. The number of nitrogens with zero attached hydrogens (tertiary/aromatic N) is 4. The van der Waals surface area contributed by atoms with E-state index in [0.717, 1.165) is 16.3 Å². The van der Waals surface area contributed by atoms with Crippen LogP contribution >= 0.6 is 11.3 Å². The lowest BCUT2D eigenvalue weighted by atomic mass is 10.0. The number of carbonyl (C=O) groups is 1. The standard InChI is InChI=1S/C18H13FN4OS/c1-11-9-25-17(21-11)7-16(24)15-6-13(8-23-10-20-22-18(15)23)12-3-2-4-14(19)5-12/h2-6,8-10H,7H2,1H3. The number of Topliss-reactive ketones (excluding diaryl/α,β-unsaturated/α-hetero) is 1. The highest BCUT2D eigenvalue weighted by atomic mass is 32.1. The summed E-state index contributed by atoms with van der Waals surface area (Å²) in [6.45, 7) is 1.89. The van der Waals surface area contributed by atoms with Crippen LogP contribution in [0.3, 0.4) is 0 Å². The average molecular weight is 352 g/mol. The molecule has 0 unspecified atom stereocenters. The fraction of sp³-hybridized carbons (Fsp3) is 0.111. The van der Waals surface area contributed by atoms with Crippen LogP contribution in [-0.2, 0) is 6.42 Å². The van der Waals surface area contributed by atoms with Gasteiger partial charge in [-0.3, -0.25) is 9.20 Å². The molecule has 0 aliphatic carbocycles. The molecule has 0 spiro atoms. The summed E-state index contributed by atoms with van der Waals surface area (Å²) in [6, 6.07) is 8.00. The van der Waals surface area contributed by atoms with Gasteiger partial charge in [0.2, 0.25) is 0 Å². The molecule has 0 atom stereocenters. The minimum Gasteiger partial charge on any atom is -0.294 e. The van der Waals surface area contributed by atoms with E-state index in [1.165, 1.54) is 29.8 Å². The van der Waals surface area contributed by atoms with E-state index < -0.39 is 0 Å². The number of benzene rings is 1. The van der Waals surface area contributed by atoms with Crippen molar-refractivity contribution in [3.05, 3.63) is 70.3 Å². The zero-order valence-corrected chi connectivity index (χ0v) is 14.1. The summed E-state index contributed by atoms with van der Waals surface area (Å²) in [5.74, 6) is -0.418. The number of hydrogen-bond donors (Lipinski definition) is 0. The van der Waals surface area contributed by atoms with E-state index in [4.69, 9.17) is 0 Å². The summed E-state index contributed by atoms with van der Waals surface area (Å²) in [5, 5.41) is 10.6. The van der Waals surface area contributed by atoms with E-state index in [1.807, 2.05) is 12.3 Å². The lowest BCUT2D eigenvalue weighted by Gasteiger charge is -2.07. The van der Waals surface area contributed by atoms with Crippen LogP contribution in [-0.4, -0.2) is 25.4 Å². The number of ketones is 1. The van der Waals surface area contributed by atoms with Gasteiger partial charge in [-0.15, -0.1) is 21.5 Å². The molecule has 0 fully saturated rings. The Kier molecular flexibility index (Phi) is 3.85. The van der Waals surface area contributed by atoms with Gasteiger partial charge in [-0.1, -0.05) is 12.1 Å². The second kappa shape index (κ2) is 6.18. The average Bonchev–Trinajstić information content (AvgIpc) is 3.22. The van der Waals surface area contributed by atoms with Gasteiger partial charge in [-0.25, -0.2) is 9.37 Å². The van der Waals surface area contributed by atoms with Crippen LogP contribution in [0.5, 0.6) is 0 Å². The highest BCUT2D eigenvalue weighted by Crippen LogP contribution is 2.24. The highest BCUT2D eigenvalue weighted by Gasteiger charge is 2.17. The number of pyridine rings is 1. The Morgan fingerprint density at radius 3 is 2.92 bits per heavy atom. The van der Waals surface area contributed by atoms with Crippen LogP contribution in [0, 0.1) is 12.7 Å². The maximum Gasteiger partial charge on any atom is 0.173 e. The van der Waals surface area contributed by atoms with Gasteiger partial charge >= 0.3 is 0 Å². The van der Waals surface area contributed by atoms with Crippen LogP contribution in [0.1, 0.15) is 21.1 Å². The lowest BCUT2D eigenvalue weighted by molar-refractivity contribution is 0.0994. The van der Waals surface area contributed by atoms with Crippen LogP contribution in [0.15, 0.2) is 48.2 Å². The van der Waals surface area contributed by atoms with E-state index >= 15 is 0 Å². The quantitative estimate of drug-likeness (QED) is 0.525. The van der Waals surface area contributed by atoms with Crippen molar-refractivity contribution in [1.29, 1.82) is 0 Å². The SMILES string of the molecule is Cc1csc(CC(=O)c2cc(-c3cccc(F)c3)cn3cnnc23)n1. The van der Waals surface area contributed by atoms with Gasteiger partial charge in [0.1, 0.15) is 17.2 Å². The van der Waals surface area contributed by atoms with E-state index in [-0.39, 0.29) is 18.0 Å². The number of hydrogen-bond acceptors (Lipinski definition) is 5. The molecule has 0 radical (unpaired) electrons. The molecule has 0 saturated heterocycles. The fourth-order valence-corrected chi connectivity index (χ4v) is 3.46. The third-order valence-electron chi connectivity index (χ3n) is 3.83. The molecule has 0 bridgehead atoms. The van der Waals surface area contributed by atoms with Gasteiger partial charge in [-0.2, -0.15) is 0 Å². The Labute approximate surface area is 146 Å². The molecule has 0 amide bonds. The Morgan fingerprint density at radius 2 is 2.16 bits per heavy atom. The molecule has 0 aliphatic rings. The maximum atomic E-state index is 13.6. The van der Waals surface area contributed by atoms with Crippen molar-refractivity contribution in [2.45, 2.75) is 13.3 Å². The predicted molar refractivity (Wildman–Crippen MR) is 93.3 cm³/mol. The predicted octanol–water partition coefficient (Wildman–Crippen LogP) is 3.73. The van der Waals surface area contributed by atoms with Crippen molar-refractivity contribution in [3.63, 3.8) is 0 Å². The first-order chi connectivity index (χ1) is 12.1. The molecule has 1 aromatic carbocycles. The highest BCUT2D eigenvalue weighted by molar-refractivity contribution is 7.09. The molecular weight excluding hydrogens is 339 g/mol. The number of aromatic nitrogens is 4. The Morgan fingerprint density at radius 1 is 1.28 bits per heavy atom. The molecule has 0 saturated carbocycles. The van der Waals surface area contributed by atoms with Crippen molar-refractivity contribution >= 4 is 22.8 Å². The van der Waals surface area contributed by atoms with Crippen LogP contribution < -0.4 is 0 Å². The first-order valence-electron chi connectivity index (χ1n) is 7.64. The first kappa shape index (κ1) is 15.6. The summed E-state index contributed by atoms with van der Waals surface area (Å²) in [4.78, 5) is 17.1. The smallest absolute Gasteiger partial charge is 0.173 e. The summed E-state index contributed by atoms with van der Waals surface area (Å²) in [6.07, 6.45) is 3.52. The molecule has 7 heteroatoms. The Bertz CT molecular complexity index is 1090. The minimum absolute atomic E-state index is 0.0920. The largest absolute Gasteiger partial charge is 0.294 e. The molecular formula is C18H13FN4OS. The van der Waals surface area contributed by atoms with E-state index in [1.54, 1.807) is 28.8 Å². The van der Waals surface area contributed by atoms with E-state index in [9.17, 15) is 9.18 Å². The van der Waals surface area contributed by atoms with Gasteiger partial charge in [0, 0.05) is 17.3 Å². The third kappa shape index (κ3) is 3.06. The molecule has 3 heterocycles. The first-order valence-corrected chi connectivity index (χ1v) is 8.51. The zero-order chi connectivity index (χ0) is 17.4. The van der Waals surface area contributed by atoms with E-state index in [0.29, 0.717) is 16.8 Å². The molecule has 0 N–H and O–H groups in total. The molecule has 3 aromatic heterocycles. The molecule has 0 aliphatic heterocycles. The molecule has 124 valence electrons. The van der Waals surface area contributed by atoms with Crippen LogP contribution in [0.4, 0.5) is 4.39 Å². The normalized spacial score (nSPS) is 11.1. The zero-order valence-electron chi connectivity index (χ0n) is 13.3. The Hall–Kier alpha value is -2.93. The second-order valence-electron chi connectivity index (χ2n) is 5.70. The van der Waals surface area contributed by atoms with Gasteiger partial charge in [0.05, 0.1) is 12.0 Å². The second-order valence-corrected chi connectivity index (χ2v) is 6.64.